The van der Waals surface area contributed by atoms with Gasteiger partial charge < -0.3 is 10.6 Å². The predicted molar refractivity (Wildman–Crippen MR) is 124 cm³/mol. The van der Waals surface area contributed by atoms with E-state index in [0.29, 0.717) is 24.2 Å². The summed E-state index contributed by atoms with van der Waals surface area (Å²) < 4.78 is 14.5. The Morgan fingerprint density at radius 3 is 2.55 bits per heavy atom. The number of hydrogen-bond donors (Lipinski definition) is 2. The minimum absolute atomic E-state index is 0.213. The first-order valence-corrected chi connectivity index (χ1v) is 10.4. The normalized spacial score (nSPS) is 10.7. The molecule has 0 aliphatic heterocycles. The molecule has 0 fully saturated rings. The van der Waals surface area contributed by atoms with Gasteiger partial charge in [0.05, 0.1) is 28.5 Å². The van der Waals surface area contributed by atoms with Crippen molar-refractivity contribution in [1.82, 2.24) is 14.9 Å². The van der Waals surface area contributed by atoms with Crippen molar-refractivity contribution in [3.63, 3.8) is 0 Å². The highest BCUT2D eigenvalue weighted by molar-refractivity contribution is 6.03. The van der Waals surface area contributed by atoms with Crippen molar-refractivity contribution < 1.29 is 14.0 Å². The van der Waals surface area contributed by atoms with Crippen LogP contribution < -0.4 is 16.2 Å². The van der Waals surface area contributed by atoms with Crippen LogP contribution in [0.15, 0.2) is 83.9 Å². The number of amides is 2. The van der Waals surface area contributed by atoms with Gasteiger partial charge in [-0.1, -0.05) is 42.5 Å². The van der Waals surface area contributed by atoms with Crippen molar-refractivity contribution in [2.45, 2.75) is 13.0 Å². The first kappa shape index (κ1) is 21.9. The van der Waals surface area contributed by atoms with Crippen LogP contribution in [0.25, 0.3) is 10.9 Å². The summed E-state index contributed by atoms with van der Waals surface area (Å²) in [6.07, 6.45) is 1.88. The number of anilines is 1. The smallest absolute Gasteiger partial charge is 0.261 e. The number of hydrogen-bond acceptors (Lipinski definition) is 4. The summed E-state index contributed by atoms with van der Waals surface area (Å²) in [4.78, 5) is 41.9. The number of benzene rings is 3. The van der Waals surface area contributed by atoms with E-state index in [1.807, 2.05) is 30.3 Å². The van der Waals surface area contributed by atoms with Crippen molar-refractivity contribution in [3.05, 3.63) is 106 Å². The largest absolute Gasteiger partial charge is 0.352 e. The summed E-state index contributed by atoms with van der Waals surface area (Å²) in [7, 11) is 0. The summed E-state index contributed by atoms with van der Waals surface area (Å²) in [5.41, 5.74) is 1.52. The molecule has 8 heteroatoms. The van der Waals surface area contributed by atoms with E-state index in [0.717, 1.165) is 16.2 Å². The Morgan fingerprint density at radius 1 is 0.970 bits per heavy atom. The molecule has 0 aliphatic carbocycles. The van der Waals surface area contributed by atoms with Crippen LogP contribution in [0, 0.1) is 5.82 Å². The minimum atomic E-state index is -0.497. The number of carbonyl (C=O) groups is 2. The molecule has 33 heavy (non-hydrogen) atoms. The second-order valence-corrected chi connectivity index (χ2v) is 7.42. The van der Waals surface area contributed by atoms with Gasteiger partial charge in [-0.2, -0.15) is 0 Å². The van der Waals surface area contributed by atoms with Gasteiger partial charge in [0, 0.05) is 12.6 Å². The van der Waals surface area contributed by atoms with Gasteiger partial charge in [0.1, 0.15) is 12.4 Å². The molecular formula is C25H21FN4O3. The van der Waals surface area contributed by atoms with Crippen molar-refractivity contribution in [3.8, 4) is 0 Å². The maximum atomic E-state index is 13.3. The van der Waals surface area contributed by atoms with E-state index < -0.39 is 17.3 Å². The molecule has 166 valence electrons. The lowest BCUT2D eigenvalue weighted by Crippen LogP contribution is -2.30. The van der Waals surface area contributed by atoms with E-state index >= 15 is 0 Å². The van der Waals surface area contributed by atoms with Gasteiger partial charge >= 0.3 is 0 Å². The Balaban J connectivity index is 1.43. The molecule has 1 aromatic heterocycles. The molecule has 4 aromatic rings. The zero-order valence-corrected chi connectivity index (χ0v) is 17.6. The fourth-order valence-electron chi connectivity index (χ4n) is 3.44. The fourth-order valence-corrected chi connectivity index (χ4v) is 3.44. The van der Waals surface area contributed by atoms with Crippen molar-refractivity contribution >= 4 is 28.4 Å². The van der Waals surface area contributed by atoms with Crippen molar-refractivity contribution in [1.29, 1.82) is 0 Å². The quantitative estimate of drug-likeness (QED) is 0.458. The van der Waals surface area contributed by atoms with Crippen LogP contribution in [-0.2, 0) is 17.8 Å². The molecule has 4 rings (SSSR count). The van der Waals surface area contributed by atoms with Crippen LogP contribution in [0.5, 0.6) is 0 Å². The van der Waals surface area contributed by atoms with E-state index in [4.69, 9.17) is 0 Å². The molecule has 3 aromatic carbocycles. The fraction of sp³-hybridized carbons (Fsp3) is 0.120. The first-order chi connectivity index (χ1) is 16.0. The molecule has 0 bridgehead atoms. The lowest BCUT2D eigenvalue weighted by molar-refractivity contribution is -0.116. The second kappa shape index (κ2) is 9.86. The van der Waals surface area contributed by atoms with Crippen LogP contribution in [0.3, 0.4) is 0 Å². The van der Waals surface area contributed by atoms with Crippen LogP contribution in [-0.4, -0.2) is 27.9 Å². The van der Waals surface area contributed by atoms with Gasteiger partial charge in [0.2, 0.25) is 5.91 Å². The highest BCUT2D eigenvalue weighted by Crippen LogP contribution is 2.15. The lowest BCUT2D eigenvalue weighted by Gasteiger charge is -2.12. The molecule has 0 unspecified atom stereocenters. The third-order valence-electron chi connectivity index (χ3n) is 5.09. The number of nitrogens with zero attached hydrogens (tertiary/aromatic N) is 2. The number of fused-ring (bicyclic) bond motifs is 1. The molecule has 1 heterocycles. The number of aromatic nitrogens is 2. The van der Waals surface area contributed by atoms with Crippen molar-refractivity contribution in [2.75, 3.05) is 11.9 Å². The molecular weight excluding hydrogens is 423 g/mol. The summed E-state index contributed by atoms with van der Waals surface area (Å²) in [6.45, 7) is 0.146. The highest BCUT2D eigenvalue weighted by atomic mass is 19.1. The molecule has 2 N–H and O–H groups in total. The molecule has 0 atom stereocenters. The van der Waals surface area contributed by atoms with Crippen molar-refractivity contribution in [2.24, 2.45) is 0 Å². The van der Waals surface area contributed by atoms with E-state index in [9.17, 15) is 18.8 Å². The Labute approximate surface area is 188 Å². The average molecular weight is 444 g/mol. The maximum absolute atomic E-state index is 13.3. The Bertz CT molecular complexity index is 1370. The lowest BCUT2D eigenvalue weighted by atomic mass is 10.1. The third-order valence-corrected chi connectivity index (χ3v) is 5.09. The number of carbonyl (C=O) groups excluding carboxylic acids is 2. The Morgan fingerprint density at radius 2 is 1.73 bits per heavy atom. The minimum Gasteiger partial charge on any atom is -0.352 e. The molecule has 7 nitrogen and oxygen atoms in total. The van der Waals surface area contributed by atoms with E-state index in [-0.39, 0.29) is 23.4 Å². The standard InChI is InChI=1S/C25H21FN4O3/c26-18-10-11-20-22(14-18)28-16-30(25(20)33)15-23(31)29-21-9-5-4-8-19(21)24(32)27-13-12-17-6-2-1-3-7-17/h1-11,14,16H,12-13,15H2,(H,27,32)(H,29,31). The van der Waals surface area contributed by atoms with Crippen LogP contribution >= 0.6 is 0 Å². The zero-order chi connectivity index (χ0) is 23.2. The van der Waals surface area contributed by atoms with Crippen LogP contribution in [0.2, 0.25) is 0 Å². The average Bonchev–Trinajstić information content (AvgIpc) is 2.82. The number of para-hydroxylation sites is 1. The molecule has 2 amide bonds. The summed E-state index contributed by atoms with van der Waals surface area (Å²) in [5.74, 6) is -1.30. The number of halogens is 1. The topological polar surface area (TPSA) is 93.1 Å². The van der Waals surface area contributed by atoms with E-state index in [1.165, 1.54) is 18.5 Å². The first-order valence-electron chi connectivity index (χ1n) is 10.4. The van der Waals surface area contributed by atoms with Gasteiger partial charge in [0.25, 0.3) is 11.5 Å². The monoisotopic (exact) mass is 444 g/mol. The third kappa shape index (κ3) is 5.30. The molecule has 0 aliphatic rings. The van der Waals surface area contributed by atoms with Crippen LogP contribution in [0.1, 0.15) is 15.9 Å². The van der Waals surface area contributed by atoms with Crippen LogP contribution in [0.4, 0.5) is 10.1 Å². The molecule has 0 saturated carbocycles. The summed E-state index contributed by atoms with van der Waals surface area (Å²) >= 11 is 0. The van der Waals surface area contributed by atoms with Gasteiger partial charge in [-0.25, -0.2) is 9.37 Å². The van der Waals surface area contributed by atoms with Gasteiger partial charge in [0.15, 0.2) is 0 Å². The van der Waals surface area contributed by atoms with E-state index in [2.05, 4.69) is 15.6 Å². The predicted octanol–water partition coefficient (Wildman–Crippen LogP) is 3.15. The van der Waals surface area contributed by atoms with E-state index in [1.54, 1.807) is 24.3 Å². The summed E-state index contributed by atoms with van der Waals surface area (Å²) in [5, 5.41) is 5.76. The Kier molecular flexibility index (Phi) is 6.54. The zero-order valence-electron chi connectivity index (χ0n) is 17.6. The van der Waals surface area contributed by atoms with Gasteiger partial charge in [-0.3, -0.25) is 19.0 Å². The summed E-state index contributed by atoms with van der Waals surface area (Å²) in [6, 6.07) is 20.1. The number of rotatable bonds is 7. The maximum Gasteiger partial charge on any atom is 0.261 e. The highest BCUT2D eigenvalue weighted by Gasteiger charge is 2.14. The molecule has 0 saturated heterocycles. The number of nitrogens with one attached hydrogen (secondary N) is 2. The van der Waals surface area contributed by atoms with Gasteiger partial charge in [-0.15, -0.1) is 0 Å². The Hall–Kier alpha value is -4.33. The van der Waals surface area contributed by atoms with Gasteiger partial charge in [-0.05, 0) is 36.2 Å². The molecule has 0 spiro atoms. The molecule has 0 radical (unpaired) electrons. The second-order valence-electron chi connectivity index (χ2n) is 7.42. The SMILES string of the molecule is O=C(Cn1cnc2cc(F)ccc2c1=O)Nc1ccccc1C(=O)NCCc1ccccc1.